The zero-order chi connectivity index (χ0) is 21.7. The Bertz CT molecular complexity index is 671. The van der Waals surface area contributed by atoms with Crippen LogP contribution in [0.3, 0.4) is 0 Å². The van der Waals surface area contributed by atoms with Gasteiger partial charge < -0.3 is 10.2 Å². The molecule has 0 saturated heterocycles. The molecular formula is C27H44O3. The summed E-state index contributed by atoms with van der Waals surface area (Å²) in [6.45, 7) is 11.3. The summed E-state index contributed by atoms with van der Waals surface area (Å²) in [6, 6.07) is 0. The predicted molar refractivity (Wildman–Crippen MR) is 121 cm³/mol. The van der Waals surface area contributed by atoms with Gasteiger partial charge in [-0.25, -0.2) is 4.79 Å². The fourth-order valence-electron chi connectivity index (χ4n) is 9.16. The van der Waals surface area contributed by atoms with E-state index in [0.717, 1.165) is 55.3 Å². The van der Waals surface area contributed by atoms with Crippen molar-refractivity contribution in [3.63, 3.8) is 0 Å². The van der Waals surface area contributed by atoms with E-state index in [0.29, 0.717) is 28.7 Å². The molecule has 30 heavy (non-hydrogen) atoms. The van der Waals surface area contributed by atoms with Gasteiger partial charge in [0.2, 0.25) is 0 Å². The summed E-state index contributed by atoms with van der Waals surface area (Å²) >= 11 is 0. The maximum absolute atomic E-state index is 11.0. The van der Waals surface area contributed by atoms with Gasteiger partial charge in [-0.05, 0) is 117 Å². The Labute approximate surface area is 183 Å². The second kappa shape index (κ2) is 8.26. The van der Waals surface area contributed by atoms with Crippen molar-refractivity contribution in [2.45, 2.75) is 104 Å². The van der Waals surface area contributed by atoms with Gasteiger partial charge in [0.1, 0.15) is 0 Å². The van der Waals surface area contributed by atoms with Crippen molar-refractivity contribution in [1.82, 2.24) is 0 Å². The number of carboxylic acid groups (broad SMARTS) is 1. The number of carboxylic acids is 1. The summed E-state index contributed by atoms with van der Waals surface area (Å²) in [6.07, 6.45) is 14.2. The number of carbonyl (C=O) groups is 1. The van der Waals surface area contributed by atoms with Crippen LogP contribution in [0.5, 0.6) is 0 Å². The van der Waals surface area contributed by atoms with Crippen molar-refractivity contribution >= 4 is 5.97 Å². The van der Waals surface area contributed by atoms with Gasteiger partial charge in [0.25, 0.3) is 0 Å². The average Bonchev–Trinajstić information content (AvgIpc) is 3.05. The van der Waals surface area contributed by atoms with Crippen LogP contribution >= 0.6 is 0 Å². The van der Waals surface area contributed by atoms with Crippen LogP contribution in [-0.4, -0.2) is 22.3 Å². The van der Waals surface area contributed by atoms with Crippen LogP contribution in [0.15, 0.2) is 12.2 Å². The highest BCUT2D eigenvalue weighted by molar-refractivity contribution is 5.85. The van der Waals surface area contributed by atoms with Gasteiger partial charge in [-0.1, -0.05) is 33.8 Å². The van der Waals surface area contributed by atoms with E-state index >= 15 is 0 Å². The van der Waals surface area contributed by atoms with Crippen LogP contribution in [0, 0.1) is 46.3 Å². The first-order valence-electron chi connectivity index (χ1n) is 12.8. The zero-order valence-electron chi connectivity index (χ0n) is 19.5. The summed E-state index contributed by atoms with van der Waals surface area (Å²) in [4.78, 5) is 11.0. The number of aliphatic carboxylic acids is 1. The molecule has 0 amide bonds. The molecule has 0 heterocycles. The second-order valence-electron chi connectivity index (χ2n) is 12.1. The number of aliphatic hydroxyl groups is 1. The quantitative estimate of drug-likeness (QED) is 0.489. The lowest BCUT2D eigenvalue weighted by Gasteiger charge is -2.61. The average molecular weight is 417 g/mol. The Balaban J connectivity index is 1.42. The molecule has 4 saturated carbocycles. The third-order valence-corrected chi connectivity index (χ3v) is 10.8. The molecule has 2 N–H and O–H groups in total. The smallest absolute Gasteiger partial charge is 0.330 e. The number of hydrogen-bond acceptors (Lipinski definition) is 2. The largest absolute Gasteiger partial charge is 0.478 e. The van der Waals surface area contributed by atoms with Crippen LogP contribution in [0.2, 0.25) is 0 Å². The summed E-state index contributed by atoms with van der Waals surface area (Å²) in [5, 5.41) is 19.3. The molecule has 0 aromatic heterocycles. The number of aliphatic hydroxyl groups excluding tert-OH is 1. The molecule has 3 nitrogen and oxygen atoms in total. The molecule has 4 rings (SSSR count). The van der Waals surface area contributed by atoms with Gasteiger partial charge in [0, 0.05) is 5.57 Å². The van der Waals surface area contributed by atoms with E-state index in [1.165, 1.54) is 44.9 Å². The molecule has 0 bridgehead atoms. The minimum atomic E-state index is -0.840. The van der Waals surface area contributed by atoms with E-state index in [-0.39, 0.29) is 6.10 Å². The van der Waals surface area contributed by atoms with E-state index in [1.54, 1.807) is 0 Å². The van der Waals surface area contributed by atoms with Gasteiger partial charge in [-0.3, -0.25) is 0 Å². The van der Waals surface area contributed by atoms with E-state index in [1.807, 2.05) is 0 Å². The molecule has 0 spiro atoms. The minimum Gasteiger partial charge on any atom is -0.478 e. The van der Waals surface area contributed by atoms with E-state index < -0.39 is 5.97 Å². The summed E-state index contributed by atoms with van der Waals surface area (Å²) in [7, 11) is 0. The monoisotopic (exact) mass is 416 g/mol. The normalized spacial score (nSPS) is 46.4. The van der Waals surface area contributed by atoms with Gasteiger partial charge >= 0.3 is 5.97 Å². The Morgan fingerprint density at radius 2 is 1.73 bits per heavy atom. The van der Waals surface area contributed by atoms with Crippen LogP contribution in [0.4, 0.5) is 0 Å². The number of fused-ring (bicyclic) bond motifs is 5. The predicted octanol–water partition coefficient (Wildman–Crippen LogP) is 6.45. The molecule has 0 radical (unpaired) electrons. The van der Waals surface area contributed by atoms with Crippen molar-refractivity contribution in [3.05, 3.63) is 12.2 Å². The molecule has 0 aromatic carbocycles. The molecule has 4 aliphatic carbocycles. The number of rotatable bonds is 6. The van der Waals surface area contributed by atoms with Crippen molar-refractivity contribution in [3.8, 4) is 0 Å². The topological polar surface area (TPSA) is 57.5 Å². The number of hydrogen-bond donors (Lipinski definition) is 2. The highest BCUT2D eigenvalue weighted by Crippen LogP contribution is 2.68. The van der Waals surface area contributed by atoms with Crippen LogP contribution in [0.1, 0.15) is 97.8 Å². The molecule has 170 valence electrons. The summed E-state index contributed by atoms with van der Waals surface area (Å²) in [5.74, 6) is 4.01. The molecule has 0 aliphatic heterocycles. The third-order valence-electron chi connectivity index (χ3n) is 10.8. The van der Waals surface area contributed by atoms with Crippen LogP contribution < -0.4 is 0 Å². The van der Waals surface area contributed by atoms with Gasteiger partial charge in [0.15, 0.2) is 0 Å². The van der Waals surface area contributed by atoms with Crippen LogP contribution in [-0.2, 0) is 4.79 Å². The first kappa shape index (κ1) is 22.4. The van der Waals surface area contributed by atoms with Gasteiger partial charge in [-0.2, -0.15) is 0 Å². The lowest BCUT2D eigenvalue weighted by atomic mass is 9.44. The zero-order valence-corrected chi connectivity index (χ0v) is 19.5. The van der Waals surface area contributed by atoms with E-state index in [9.17, 15) is 9.90 Å². The SMILES string of the molecule is C=C(CCC[C@@H](C)[C@H]1CC[C@H]2[C@@H]3CCC4C[C@@H](O)CC[C@]4(C)[C@H]3CC[C@]12C)C(=O)O. The molecule has 4 fully saturated rings. The van der Waals surface area contributed by atoms with Gasteiger partial charge in [-0.15, -0.1) is 0 Å². The standard InChI is InChI=1S/C27H44O3/c1-17(6-5-7-18(2)25(29)30)22-10-11-23-21-9-8-19-16-20(28)12-14-26(19,3)24(21)13-15-27(22,23)4/h17,19-24,28H,2,5-16H2,1,3-4H3,(H,29,30)/t17-,19?,20+,21+,22-,23+,24+,26+,27-/m1/s1. The maximum Gasteiger partial charge on any atom is 0.330 e. The molecular weight excluding hydrogens is 372 g/mol. The molecule has 9 atom stereocenters. The molecule has 3 heteroatoms. The van der Waals surface area contributed by atoms with Crippen molar-refractivity contribution in [1.29, 1.82) is 0 Å². The minimum absolute atomic E-state index is 0.0533. The first-order chi connectivity index (χ1) is 14.2. The summed E-state index contributed by atoms with van der Waals surface area (Å²) < 4.78 is 0. The van der Waals surface area contributed by atoms with Gasteiger partial charge in [0.05, 0.1) is 6.10 Å². The Morgan fingerprint density at radius 3 is 2.47 bits per heavy atom. The Morgan fingerprint density at radius 1 is 1.03 bits per heavy atom. The Kier molecular flexibility index (Phi) is 6.16. The Hall–Kier alpha value is -0.830. The van der Waals surface area contributed by atoms with Crippen molar-refractivity contribution in [2.75, 3.05) is 0 Å². The highest BCUT2D eigenvalue weighted by Gasteiger charge is 2.60. The van der Waals surface area contributed by atoms with E-state index in [2.05, 4.69) is 27.4 Å². The highest BCUT2D eigenvalue weighted by atomic mass is 16.4. The fourth-order valence-corrected chi connectivity index (χ4v) is 9.16. The maximum atomic E-state index is 11.0. The first-order valence-corrected chi connectivity index (χ1v) is 12.8. The van der Waals surface area contributed by atoms with Crippen molar-refractivity contribution < 1.29 is 15.0 Å². The molecule has 4 aliphatic rings. The third kappa shape index (κ3) is 3.67. The van der Waals surface area contributed by atoms with Crippen LogP contribution in [0.25, 0.3) is 0 Å². The second-order valence-corrected chi connectivity index (χ2v) is 12.1. The summed E-state index contributed by atoms with van der Waals surface area (Å²) in [5.41, 5.74) is 1.30. The molecule has 1 unspecified atom stereocenters. The lowest BCUT2D eigenvalue weighted by molar-refractivity contribution is -0.132. The molecule has 0 aromatic rings. The van der Waals surface area contributed by atoms with E-state index in [4.69, 9.17) is 5.11 Å². The van der Waals surface area contributed by atoms with Crippen molar-refractivity contribution in [2.24, 2.45) is 46.3 Å². The fraction of sp³-hybridized carbons (Fsp3) is 0.889. The lowest BCUT2D eigenvalue weighted by Crippen LogP contribution is -2.54.